The molecule has 0 bridgehead atoms. The molecule has 1 aliphatic rings. The summed E-state index contributed by atoms with van der Waals surface area (Å²) in [5.74, 6) is -0.00911. The van der Waals surface area contributed by atoms with Crippen LogP contribution in [0.15, 0.2) is 42.5 Å². The first kappa shape index (κ1) is 17.1. The zero-order valence-corrected chi connectivity index (χ0v) is 14.2. The lowest BCUT2D eigenvalue weighted by Crippen LogP contribution is -2.30. The Hall–Kier alpha value is -2.73. The second-order valence-electron chi connectivity index (χ2n) is 5.41. The number of carbonyl (C=O) groups excluding carboxylic acids is 2. The number of anilines is 1. The molecule has 1 atom stereocenters. The monoisotopic (exact) mass is 361 g/mol. The molecule has 6 nitrogen and oxygen atoms in total. The quantitative estimate of drug-likeness (QED) is 0.846. The number of benzene rings is 2. The molecule has 0 fully saturated rings. The Kier molecular flexibility index (Phi) is 5.09. The first-order chi connectivity index (χ1) is 12.0. The highest BCUT2D eigenvalue weighted by atomic mass is 35.5. The van der Waals surface area contributed by atoms with Gasteiger partial charge in [-0.05, 0) is 43.3 Å². The fraction of sp³-hybridized carbons (Fsp3) is 0.222. The number of hydrogen-bond acceptors (Lipinski definition) is 5. The molecule has 0 unspecified atom stereocenters. The Morgan fingerprint density at radius 1 is 1.12 bits per heavy atom. The second kappa shape index (κ2) is 7.44. The third-order valence-electron chi connectivity index (χ3n) is 3.52. The Morgan fingerprint density at radius 2 is 1.88 bits per heavy atom. The number of amides is 1. The Labute approximate surface area is 149 Å². The molecule has 0 spiro atoms. The van der Waals surface area contributed by atoms with E-state index in [0.29, 0.717) is 35.4 Å². The Morgan fingerprint density at radius 3 is 2.64 bits per heavy atom. The lowest BCUT2D eigenvalue weighted by Gasteiger charge is -2.19. The van der Waals surface area contributed by atoms with Crippen molar-refractivity contribution >= 4 is 29.2 Å². The highest BCUT2D eigenvalue weighted by molar-refractivity contribution is 6.30. The van der Waals surface area contributed by atoms with Crippen LogP contribution in [0.25, 0.3) is 0 Å². The van der Waals surface area contributed by atoms with Crippen molar-refractivity contribution in [3.63, 3.8) is 0 Å². The van der Waals surface area contributed by atoms with Gasteiger partial charge in [-0.1, -0.05) is 17.7 Å². The summed E-state index contributed by atoms with van der Waals surface area (Å²) in [6.07, 6.45) is -0.973. The fourth-order valence-corrected chi connectivity index (χ4v) is 2.45. The minimum atomic E-state index is -0.973. The third-order valence-corrected chi connectivity index (χ3v) is 3.76. The van der Waals surface area contributed by atoms with E-state index in [4.69, 9.17) is 25.8 Å². The molecule has 7 heteroatoms. The van der Waals surface area contributed by atoms with Crippen molar-refractivity contribution in [3.05, 3.63) is 53.1 Å². The second-order valence-corrected chi connectivity index (χ2v) is 5.84. The largest absolute Gasteiger partial charge is 0.486 e. The molecule has 130 valence electrons. The molecule has 0 aliphatic carbocycles. The van der Waals surface area contributed by atoms with Crippen LogP contribution in [0.5, 0.6) is 11.5 Å². The van der Waals surface area contributed by atoms with E-state index in [0.717, 1.165) is 0 Å². The van der Waals surface area contributed by atoms with Crippen molar-refractivity contribution in [2.24, 2.45) is 0 Å². The molecular formula is C18H16ClNO5. The van der Waals surface area contributed by atoms with Gasteiger partial charge in [0.25, 0.3) is 5.91 Å². The zero-order chi connectivity index (χ0) is 17.8. The lowest BCUT2D eigenvalue weighted by atomic mass is 10.2. The fourth-order valence-electron chi connectivity index (χ4n) is 2.26. The van der Waals surface area contributed by atoms with Crippen LogP contribution in [-0.2, 0) is 9.53 Å². The summed E-state index contributed by atoms with van der Waals surface area (Å²) < 4.78 is 16.0. The van der Waals surface area contributed by atoms with Crippen molar-refractivity contribution in [2.75, 3.05) is 18.5 Å². The summed E-state index contributed by atoms with van der Waals surface area (Å²) in [5.41, 5.74) is 0.811. The molecule has 25 heavy (non-hydrogen) atoms. The molecule has 0 saturated carbocycles. The molecule has 2 aromatic carbocycles. The van der Waals surface area contributed by atoms with E-state index in [1.165, 1.54) is 6.92 Å². The molecule has 1 amide bonds. The smallest absolute Gasteiger partial charge is 0.339 e. The number of hydrogen-bond donors (Lipinski definition) is 1. The van der Waals surface area contributed by atoms with E-state index in [1.54, 1.807) is 42.5 Å². The van der Waals surface area contributed by atoms with Crippen molar-refractivity contribution in [1.29, 1.82) is 0 Å². The first-order valence-electron chi connectivity index (χ1n) is 7.70. The van der Waals surface area contributed by atoms with Gasteiger partial charge in [0.2, 0.25) is 0 Å². The normalized spacial score (nSPS) is 13.7. The van der Waals surface area contributed by atoms with Crippen LogP contribution >= 0.6 is 11.6 Å². The van der Waals surface area contributed by atoms with E-state index >= 15 is 0 Å². The average Bonchev–Trinajstić information content (AvgIpc) is 2.61. The third kappa shape index (κ3) is 4.22. The number of rotatable bonds is 4. The summed E-state index contributed by atoms with van der Waals surface area (Å²) in [5, 5.41) is 3.14. The van der Waals surface area contributed by atoms with E-state index in [1.807, 2.05) is 0 Å². The number of carbonyl (C=O) groups is 2. The van der Waals surface area contributed by atoms with Crippen LogP contribution in [0, 0.1) is 0 Å². The van der Waals surface area contributed by atoms with Crippen molar-refractivity contribution in [2.45, 2.75) is 13.0 Å². The molecule has 0 aromatic heterocycles. The lowest BCUT2D eigenvalue weighted by molar-refractivity contribution is -0.123. The number of fused-ring (bicyclic) bond motifs is 1. The SMILES string of the molecule is C[C@@H](OC(=O)c1ccc2c(c1)OCCO2)C(=O)Nc1cccc(Cl)c1. The van der Waals surface area contributed by atoms with Crippen LogP contribution < -0.4 is 14.8 Å². The van der Waals surface area contributed by atoms with Crippen LogP contribution in [0.4, 0.5) is 5.69 Å². The standard InChI is InChI=1S/C18H16ClNO5/c1-11(17(21)20-14-4-2-3-13(19)10-14)25-18(22)12-5-6-15-16(9-12)24-8-7-23-15/h2-6,9-11H,7-8H2,1H3,(H,20,21)/t11-/m1/s1. The van der Waals surface area contributed by atoms with Gasteiger partial charge >= 0.3 is 5.97 Å². The van der Waals surface area contributed by atoms with Crippen molar-refractivity contribution in [3.8, 4) is 11.5 Å². The van der Waals surface area contributed by atoms with Gasteiger partial charge in [-0.3, -0.25) is 4.79 Å². The summed E-state index contributed by atoms with van der Waals surface area (Å²) >= 11 is 5.87. The topological polar surface area (TPSA) is 73.9 Å². The molecular weight excluding hydrogens is 346 g/mol. The minimum absolute atomic E-state index is 0.284. The number of nitrogens with one attached hydrogen (secondary N) is 1. The predicted octanol–water partition coefficient (Wildman–Crippen LogP) is 3.30. The van der Waals surface area contributed by atoms with Crippen molar-refractivity contribution in [1.82, 2.24) is 0 Å². The summed E-state index contributed by atoms with van der Waals surface area (Å²) in [6.45, 7) is 2.39. The first-order valence-corrected chi connectivity index (χ1v) is 8.08. The maximum Gasteiger partial charge on any atom is 0.339 e. The highest BCUT2D eigenvalue weighted by Crippen LogP contribution is 2.31. The zero-order valence-electron chi connectivity index (χ0n) is 13.5. The van der Waals surface area contributed by atoms with Gasteiger partial charge in [0.15, 0.2) is 17.6 Å². The summed E-state index contributed by atoms with van der Waals surface area (Å²) in [7, 11) is 0. The van der Waals surface area contributed by atoms with E-state index in [9.17, 15) is 9.59 Å². The van der Waals surface area contributed by atoms with Gasteiger partial charge in [-0.2, -0.15) is 0 Å². The summed E-state index contributed by atoms with van der Waals surface area (Å²) in [6, 6.07) is 11.5. The molecule has 1 aliphatic heterocycles. The van der Waals surface area contributed by atoms with Gasteiger partial charge in [-0.25, -0.2) is 4.79 Å². The predicted molar refractivity (Wildman–Crippen MR) is 92.4 cm³/mol. The minimum Gasteiger partial charge on any atom is -0.486 e. The van der Waals surface area contributed by atoms with E-state index in [2.05, 4.69) is 5.32 Å². The molecule has 1 heterocycles. The maximum absolute atomic E-state index is 12.2. The number of esters is 1. The maximum atomic E-state index is 12.2. The van der Waals surface area contributed by atoms with Crippen LogP contribution in [0.3, 0.4) is 0 Å². The molecule has 3 rings (SSSR count). The highest BCUT2D eigenvalue weighted by Gasteiger charge is 2.21. The Balaban J connectivity index is 1.62. The van der Waals surface area contributed by atoms with Gasteiger partial charge in [-0.15, -0.1) is 0 Å². The molecule has 2 aromatic rings. The number of ether oxygens (including phenoxy) is 3. The molecule has 0 radical (unpaired) electrons. The summed E-state index contributed by atoms with van der Waals surface area (Å²) in [4.78, 5) is 24.4. The number of halogens is 1. The van der Waals surface area contributed by atoms with E-state index in [-0.39, 0.29) is 5.56 Å². The van der Waals surface area contributed by atoms with Gasteiger partial charge < -0.3 is 19.5 Å². The molecule has 0 saturated heterocycles. The van der Waals surface area contributed by atoms with Gasteiger partial charge in [0, 0.05) is 10.7 Å². The Bertz CT molecular complexity index is 808. The molecule has 1 N–H and O–H groups in total. The van der Waals surface area contributed by atoms with E-state index < -0.39 is 18.0 Å². The van der Waals surface area contributed by atoms with Gasteiger partial charge in [0.05, 0.1) is 5.56 Å². The van der Waals surface area contributed by atoms with Crippen LogP contribution in [0.2, 0.25) is 5.02 Å². The van der Waals surface area contributed by atoms with Crippen LogP contribution in [0.1, 0.15) is 17.3 Å². The van der Waals surface area contributed by atoms with Crippen LogP contribution in [-0.4, -0.2) is 31.2 Å². The average molecular weight is 362 g/mol. The van der Waals surface area contributed by atoms with Crippen molar-refractivity contribution < 1.29 is 23.8 Å². The van der Waals surface area contributed by atoms with Gasteiger partial charge in [0.1, 0.15) is 13.2 Å².